The molecule has 21 heavy (non-hydrogen) atoms. The standard InChI is InChI=1S/C8H3BrClF6NO3S/c9-1-3-5(21(10,18)19)4(7(11,12)13)2-17-6(3)20-8(14,15)16/h2H,1H2. The second kappa shape index (κ2) is 5.80. The largest absolute Gasteiger partial charge is 0.574 e. The lowest BCUT2D eigenvalue weighted by atomic mass is 10.2. The van der Waals surface area contributed by atoms with Crippen molar-refractivity contribution in [3.05, 3.63) is 17.3 Å². The van der Waals surface area contributed by atoms with Gasteiger partial charge in [-0.1, -0.05) is 15.9 Å². The minimum Gasteiger partial charge on any atom is -0.388 e. The lowest BCUT2D eigenvalue weighted by Crippen LogP contribution is -2.21. The van der Waals surface area contributed by atoms with Gasteiger partial charge >= 0.3 is 12.5 Å². The maximum Gasteiger partial charge on any atom is 0.574 e. The fraction of sp³-hybridized carbons (Fsp3) is 0.375. The van der Waals surface area contributed by atoms with E-state index in [0.717, 1.165) is 0 Å². The molecule has 0 aliphatic rings. The lowest BCUT2D eigenvalue weighted by molar-refractivity contribution is -0.276. The van der Waals surface area contributed by atoms with Crippen LogP contribution >= 0.6 is 26.6 Å². The molecule has 1 aromatic heterocycles. The average Bonchev–Trinajstić information content (AvgIpc) is 2.23. The van der Waals surface area contributed by atoms with Gasteiger partial charge in [0, 0.05) is 27.8 Å². The first-order valence-corrected chi connectivity index (χ1v) is 8.06. The van der Waals surface area contributed by atoms with Crippen LogP contribution in [-0.4, -0.2) is 19.8 Å². The van der Waals surface area contributed by atoms with Crippen molar-refractivity contribution in [1.82, 2.24) is 4.98 Å². The van der Waals surface area contributed by atoms with Gasteiger partial charge in [-0.2, -0.15) is 13.2 Å². The Hall–Kier alpha value is -0.750. The van der Waals surface area contributed by atoms with Gasteiger partial charge in [0.2, 0.25) is 5.88 Å². The van der Waals surface area contributed by atoms with Crippen LogP contribution in [0.1, 0.15) is 11.1 Å². The van der Waals surface area contributed by atoms with Gasteiger partial charge in [0.15, 0.2) is 0 Å². The molecule has 4 nitrogen and oxygen atoms in total. The summed E-state index contributed by atoms with van der Waals surface area (Å²) >= 11 is 2.58. The molecule has 0 spiro atoms. The Kier molecular flexibility index (Phi) is 5.05. The third-order valence-electron chi connectivity index (χ3n) is 1.98. The van der Waals surface area contributed by atoms with E-state index >= 15 is 0 Å². The van der Waals surface area contributed by atoms with Crippen molar-refractivity contribution in [3.8, 4) is 5.88 Å². The van der Waals surface area contributed by atoms with E-state index in [1.807, 2.05) is 0 Å². The van der Waals surface area contributed by atoms with Crippen molar-refractivity contribution in [2.24, 2.45) is 0 Å². The Morgan fingerprint density at radius 2 is 1.76 bits per heavy atom. The minimum absolute atomic E-state index is 0.0947. The van der Waals surface area contributed by atoms with Crippen molar-refractivity contribution in [1.29, 1.82) is 0 Å². The Balaban J connectivity index is 3.71. The van der Waals surface area contributed by atoms with Gasteiger partial charge < -0.3 is 4.74 Å². The molecule has 0 aromatic carbocycles. The van der Waals surface area contributed by atoms with E-state index in [-0.39, 0.29) is 6.20 Å². The van der Waals surface area contributed by atoms with E-state index in [4.69, 9.17) is 10.7 Å². The van der Waals surface area contributed by atoms with Gasteiger partial charge in [-0.15, -0.1) is 13.2 Å². The molecule has 0 fully saturated rings. The number of hydrogen-bond acceptors (Lipinski definition) is 4. The van der Waals surface area contributed by atoms with Crippen LogP contribution in [0.25, 0.3) is 0 Å². The first-order valence-electron chi connectivity index (χ1n) is 4.63. The summed E-state index contributed by atoms with van der Waals surface area (Å²) in [7, 11) is -0.119. The fourth-order valence-electron chi connectivity index (χ4n) is 1.32. The molecule has 0 radical (unpaired) electrons. The normalized spacial score (nSPS) is 13.3. The van der Waals surface area contributed by atoms with Crippen LogP contribution in [0.2, 0.25) is 0 Å². The molecule has 0 unspecified atom stereocenters. The SMILES string of the molecule is O=S(=O)(Cl)c1c(C(F)(F)F)cnc(OC(F)(F)F)c1CBr. The van der Waals surface area contributed by atoms with E-state index < -0.39 is 48.8 Å². The van der Waals surface area contributed by atoms with Crippen LogP contribution in [0, 0.1) is 0 Å². The molecule has 1 aromatic rings. The number of halogens is 8. The second-order valence-electron chi connectivity index (χ2n) is 3.40. The summed E-state index contributed by atoms with van der Waals surface area (Å²) in [5.74, 6) is -1.34. The van der Waals surface area contributed by atoms with Gasteiger partial charge in [-0.25, -0.2) is 13.4 Å². The molecule has 120 valence electrons. The number of alkyl halides is 7. The Labute approximate surface area is 126 Å². The van der Waals surface area contributed by atoms with Crippen LogP contribution in [0.3, 0.4) is 0 Å². The molecule has 0 saturated carbocycles. The maximum atomic E-state index is 12.7. The molecular weight excluding hydrogens is 420 g/mol. The van der Waals surface area contributed by atoms with E-state index in [2.05, 4.69) is 25.7 Å². The topological polar surface area (TPSA) is 56.3 Å². The van der Waals surface area contributed by atoms with Crippen LogP contribution in [-0.2, 0) is 20.6 Å². The number of ether oxygens (including phenoxy) is 1. The highest BCUT2D eigenvalue weighted by atomic mass is 79.9. The first kappa shape index (κ1) is 18.3. The number of pyridine rings is 1. The predicted molar refractivity (Wildman–Crippen MR) is 61.6 cm³/mol. The molecule has 0 bridgehead atoms. The van der Waals surface area contributed by atoms with Gasteiger partial charge in [0.25, 0.3) is 9.05 Å². The van der Waals surface area contributed by atoms with Crippen molar-refractivity contribution < 1.29 is 39.5 Å². The molecule has 0 saturated heterocycles. The Bertz CT molecular complexity index is 645. The lowest BCUT2D eigenvalue weighted by Gasteiger charge is -2.17. The summed E-state index contributed by atoms with van der Waals surface area (Å²) in [5, 5.41) is -0.712. The van der Waals surface area contributed by atoms with Gasteiger partial charge in [0.05, 0.1) is 5.56 Å². The van der Waals surface area contributed by atoms with E-state index in [1.54, 1.807) is 0 Å². The summed E-state index contributed by atoms with van der Waals surface area (Å²) in [6.07, 6.45) is -10.5. The summed E-state index contributed by atoms with van der Waals surface area (Å²) in [6, 6.07) is 0. The number of nitrogens with zero attached hydrogens (tertiary/aromatic N) is 1. The molecule has 0 aliphatic heterocycles. The van der Waals surface area contributed by atoms with E-state index in [0.29, 0.717) is 0 Å². The molecule has 13 heteroatoms. The predicted octanol–water partition coefficient (Wildman–Crippen LogP) is 3.82. The zero-order valence-electron chi connectivity index (χ0n) is 9.39. The van der Waals surface area contributed by atoms with Crippen molar-refractivity contribution in [3.63, 3.8) is 0 Å². The molecule has 1 heterocycles. The second-order valence-corrected chi connectivity index (χ2v) is 6.47. The molecular formula is C8H3BrClF6NO3S. The zero-order chi connectivity index (χ0) is 16.6. The summed E-state index contributed by atoms with van der Waals surface area (Å²) < 4.78 is 101. The minimum atomic E-state index is -5.27. The van der Waals surface area contributed by atoms with Gasteiger partial charge in [0.1, 0.15) is 4.90 Å². The van der Waals surface area contributed by atoms with Crippen LogP contribution in [0.4, 0.5) is 26.3 Å². The smallest absolute Gasteiger partial charge is 0.388 e. The summed E-state index contributed by atoms with van der Waals surface area (Å²) in [6.45, 7) is 0. The number of hydrogen-bond donors (Lipinski definition) is 0. The third kappa shape index (κ3) is 4.61. The van der Waals surface area contributed by atoms with Gasteiger partial charge in [-0.3, -0.25) is 0 Å². The fourth-order valence-corrected chi connectivity index (χ4v) is 3.43. The monoisotopic (exact) mass is 421 g/mol. The molecule has 0 N–H and O–H groups in total. The average molecular weight is 423 g/mol. The van der Waals surface area contributed by atoms with Crippen LogP contribution < -0.4 is 4.74 Å². The van der Waals surface area contributed by atoms with Gasteiger partial charge in [-0.05, 0) is 0 Å². The summed E-state index contributed by atoms with van der Waals surface area (Å²) in [4.78, 5) is 1.32. The number of aromatic nitrogens is 1. The highest BCUT2D eigenvalue weighted by Crippen LogP contribution is 2.41. The molecule has 1 rings (SSSR count). The van der Waals surface area contributed by atoms with Crippen molar-refractivity contribution in [2.75, 3.05) is 0 Å². The van der Waals surface area contributed by atoms with E-state index in [9.17, 15) is 34.8 Å². The molecule has 0 aliphatic carbocycles. The zero-order valence-corrected chi connectivity index (χ0v) is 12.5. The number of rotatable bonds is 3. The first-order chi connectivity index (χ1) is 9.27. The maximum absolute atomic E-state index is 12.7. The van der Waals surface area contributed by atoms with Crippen molar-refractivity contribution in [2.45, 2.75) is 22.8 Å². The Morgan fingerprint density at radius 1 is 1.24 bits per heavy atom. The van der Waals surface area contributed by atoms with Crippen molar-refractivity contribution >= 4 is 35.7 Å². The third-order valence-corrected chi connectivity index (χ3v) is 3.96. The quantitative estimate of drug-likeness (QED) is 0.422. The Morgan fingerprint density at radius 3 is 2.10 bits per heavy atom. The molecule has 0 amide bonds. The van der Waals surface area contributed by atoms with E-state index in [1.165, 1.54) is 0 Å². The molecule has 0 atom stereocenters. The highest BCUT2D eigenvalue weighted by molar-refractivity contribution is 9.08. The van der Waals surface area contributed by atoms with Crippen LogP contribution in [0.15, 0.2) is 11.1 Å². The summed E-state index contributed by atoms with van der Waals surface area (Å²) in [5.41, 5.74) is -2.78. The van der Waals surface area contributed by atoms with Crippen LogP contribution in [0.5, 0.6) is 5.88 Å². The highest BCUT2D eigenvalue weighted by Gasteiger charge is 2.41.